The lowest BCUT2D eigenvalue weighted by Gasteiger charge is -2.34. The van der Waals surface area contributed by atoms with Crippen LogP contribution in [0.15, 0.2) is 29.4 Å². The first-order chi connectivity index (χ1) is 13.8. The molecule has 2 amide bonds. The van der Waals surface area contributed by atoms with E-state index in [1.54, 1.807) is 12.1 Å². The number of sulfonamides is 1. The largest absolute Gasteiger partial charge is 0.369 e. The van der Waals surface area contributed by atoms with E-state index in [2.05, 4.69) is 10.3 Å². The molecule has 0 radical (unpaired) electrons. The molecule has 1 aromatic heterocycles. The molecule has 1 saturated carbocycles. The Labute approximate surface area is 170 Å². The molecular weight excluding hydrogens is 396 g/mol. The van der Waals surface area contributed by atoms with E-state index >= 15 is 0 Å². The van der Waals surface area contributed by atoms with Gasteiger partial charge in [0.1, 0.15) is 5.41 Å². The molecule has 158 valence electrons. The van der Waals surface area contributed by atoms with Crippen LogP contribution in [0.1, 0.15) is 44.9 Å². The van der Waals surface area contributed by atoms with E-state index in [1.807, 2.05) is 0 Å². The molecule has 9 nitrogen and oxygen atoms in total. The lowest BCUT2D eigenvalue weighted by molar-refractivity contribution is -0.145. The fraction of sp³-hybridized carbons (Fsp3) is 0.579. The number of carbonyl (C=O) groups is 3. The normalized spacial score (nSPS) is 23.2. The van der Waals surface area contributed by atoms with E-state index in [1.165, 1.54) is 12.3 Å². The fourth-order valence-electron chi connectivity index (χ4n) is 4.02. The summed E-state index contributed by atoms with van der Waals surface area (Å²) < 4.78 is 26.6. The Morgan fingerprint density at radius 3 is 2.52 bits per heavy atom. The summed E-state index contributed by atoms with van der Waals surface area (Å²) in [6.45, 7) is -0.203. The maximum Gasteiger partial charge on any atom is 0.260 e. The van der Waals surface area contributed by atoms with Crippen LogP contribution in [0.25, 0.3) is 0 Å². The molecule has 1 aliphatic heterocycles. The predicted molar refractivity (Wildman–Crippen MR) is 104 cm³/mol. The van der Waals surface area contributed by atoms with Gasteiger partial charge in [0, 0.05) is 12.7 Å². The monoisotopic (exact) mass is 422 g/mol. The Morgan fingerprint density at radius 2 is 1.90 bits per heavy atom. The zero-order valence-corrected chi connectivity index (χ0v) is 17.0. The van der Waals surface area contributed by atoms with Crippen LogP contribution < -0.4 is 11.1 Å². The van der Waals surface area contributed by atoms with E-state index in [0.29, 0.717) is 25.7 Å². The lowest BCUT2D eigenvalue weighted by Crippen LogP contribution is -2.55. The first kappa shape index (κ1) is 21.4. The number of aromatic nitrogens is 1. The number of pyridine rings is 1. The van der Waals surface area contributed by atoms with Crippen LogP contribution in [-0.2, 0) is 24.4 Å². The van der Waals surface area contributed by atoms with E-state index in [9.17, 15) is 22.8 Å². The van der Waals surface area contributed by atoms with Crippen LogP contribution >= 0.6 is 0 Å². The molecule has 1 unspecified atom stereocenters. The Bertz CT molecular complexity index is 881. The van der Waals surface area contributed by atoms with Crippen LogP contribution in [0, 0.1) is 5.41 Å². The van der Waals surface area contributed by atoms with Gasteiger partial charge in [-0.2, -0.15) is 4.31 Å². The highest BCUT2D eigenvalue weighted by Gasteiger charge is 2.46. The Hall–Kier alpha value is -2.33. The van der Waals surface area contributed by atoms with Crippen LogP contribution in [-0.4, -0.2) is 54.4 Å². The highest BCUT2D eigenvalue weighted by molar-refractivity contribution is 7.89. The number of carbonyl (C=O) groups excluding carboxylic acids is 3. The van der Waals surface area contributed by atoms with Crippen LogP contribution in [0.5, 0.6) is 0 Å². The van der Waals surface area contributed by atoms with Gasteiger partial charge < -0.3 is 11.1 Å². The van der Waals surface area contributed by atoms with Gasteiger partial charge in [-0.1, -0.05) is 25.3 Å². The summed E-state index contributed by atoms with van der Waals surface area (Å²) in [7, 11) is -3.90. The number of hydrogen-bond donors (Lipinski definition) is 2. The zero-order valence-electron chi connectivity index (χ0n) is 16.2. The third-order valence-corrected chi connectivity index (χ3v) is 7.54. The second-order valence-electron chi connectivity index (χ2n) is 7.65. The minimum atomic E-state index is -3.90. The number of hydrogen-bond acceptors (Lipinski definition) is 6. The van der Waals surface area contributed by atoms with Crippen molar-refractivity contribution in [1.82, 2.24) is 14.6 Å². The molecule has 1 aromatic rings. The predicted octanol–water partition coefficient (Wildman–Crippen LogP) is 0.356. The van der Waals surface area contributed by atoms with Gasteiger partial charge in [-0.15, -0.1) is 0 Å². The van der Waals surface area contributed by atoms with Crippen LogP contribution in [0.4, 0.5) is 0 Å². The number of amides is 2. The van der Waals surface area contributed by atoms with E-state index in [0.717, 1.165) is 23.6 Å². The number of nitrogens with two attached hydrogens (primary N) is 1. The first-order valence-corrected chi connectivity index (χ1v) is 11.3. The Kier molecular flexibility index (Phi) is 6.33. The smallest absolute Gasteiger partial charge is 0.260 e. The van der Waals surface area contributed by atoms with Crippen molar-refractivity contribution in [2.24, 2.45) is 11.1 Å². The van der Waals surface area contributed by atoms with Crippen molar-refractivity contribution in [1.29, 1.82) is 0 Å². The summed E-state index contributed by atoms with van der Waals surface area (Å²) in [4.78, 5) is 41.5. The fourth-order valence-corrected chi connectivity index (χ4v) is 5.40. The lowest BCUT2D eigenvalue weighted by atomic mass is 9.72. The first-order valence-electron chi connectivity index (χ1n) is 9.82. The minimum Gasteiger partial charge on any atom is -0.369 e. The average molecular weight is 423 g/mol. The summed E-state index contributed by atoms with van der Waals surface area (Å²) in [5.74, 6) is -1.61. The molecule has 10 heteroatoms. The summed E-state index contributed by atoms with van der Waals surface area (Å²) in [6, 6.07) is 3.71. The van der Waals surface area contributed by atoms with Crippen LogP contribution in [0.2, 0.25) is 0 Å². The van der Waals surface area contributed by atoms with Crippen molar-refractivity contribution in [3.8, 4) is 0 Å². The van der Waals surface area contributed by atoms with E-state index in [-0.39, 0.29) is 18.1 Å². The van der Waals surface area contributed by atoms with Gasteiger partial charge in [-0.25, -0.2) is 13.4 Å². The second-order valence-corrected chi connectivity index (χ2v) is 9.53. The highest BCUT2D eigenvalue weighted by Crippen LogP contribution is 2.36. The van der Waals surface area contributed by atoms with Crippen molar-refractivity contribution in [3.63, 3.8) is 0 Å². The molecule has 0 aromatic carbocycles. The molecule has 29 heavy (non-hydrogen) atoms. The Morgan fingerprint density at radius 1 is 1.17 bits per heavy atom. The standard InChI is InChI=1S/C19H26N4O5S/c20-17(25)19(9-3-1-4-10-19)18(26)22-14-7-6-12-23(13-15(14)24)29(27,28)16-8-2-5-11-21-16/h2,5,8,11,14H,1,3-4,6-7,9-10,12-13H2,(H2,20,25)(H,22,26). The van der Waals surface area contributed by atoms with Gasteiger partial charge in [-0.3, -0.25) is 14.4 Å². The third kappa shape index (κ3) is 4.32. The average Bonchev–Trinajstić information content (AvgIpc) is 2.91. The third-order valence-electron chi connectivity index (χ3n) is 5.78. The van der Waals surface area contributed by atoms with Crippen molar-refractivity contribution >= 4 is 27.6 Å². The van der Waals surface area contributed by atoms with E-state index in [4.69, 9.17) is 5.73 Å². The zero-order chi connectivity index (χ0) is 21.1. The number of Topliss-reactive ketones (excluding diaryl/α,β-unsaturated/α-hetero) is 1. The molecule has 3 rings (SSSR count). The molecule has 1 atom stereocenters. The minimum absolute atomic E-state index is 0.120. The van der Waals surface area contributed by atoms with Crippen molar-refractivity contribution < 1.29 is 22.8 Å². The van der Waals surface area contributed by atoms with Gasteiger partial charge in [0.05, 0.1) is 12.6 Å². The maximum absolute atomic E-state index is 12.9. The summed E-state index contributed by atoms with van der Waals surface area (Å²) >= 11 is 0. The summed E-state index contributed by atoms with van der Waals surface area (Å²) in [5, 5.41) is 2.57. The summed E-state index contributed by atoms with van der Waals surface area (Å²) in [6.07, 6.45) is 5.20. The van der Waals surface area contributed by atoms with Crippen molar-refractivity contribution in [3.05, 3.63) is 24.4 Å². The van der Waals surface area contributed by atoms with E-state index < -0.39 is 39.1 Å². The SMILES string of the molecule is NC(=O)C1(C(=O)NC2CCCN(S(=O)(=O)c3ccccn3)CC2=O)CCCCC1. The molecular formula is C19H26N4O5S. The number of rotatable bonds is 5. The second kappa shape index (κ2) is 8.58. The quantitative estimate of drug-likeness (QED) is 0.657. The van der Waals surface area contributed by atoms with Crippen LogP contribution in [0.3, 0.4) is 0 Å². The van der Waals surface area contributed by atoms with Gasteiger partial charge >= 0.3 is 0 Å². The van der Waals surface area contributed by atoms with Crippen molar-refractivity contribution in [2.45, 2.75) is 56.0 Å². The van der Waals surface area contributed by atoms with Gasteiger partial charge in [-0.05, 0) is 37.8 Å². The molecule has 1 aliphatic carbocycles. The molecule has 0 bridgehead atoms. The highest BCUT2D eigenvalue weighted by atomic mass is 32.2. The maximum atomic E-state index is 12.9. The number of nitrogens with one attached hydrogen (secondary N) is 1. The molecule has 3 N–H and O–H groups in total. The number of nitrogens with zero attached hydrogens (tertiary/aromatic N) is 2. The molecule has 1 saturated heterocycles. The summed E-state index contributed by atoms with van der Waals surface area (Å²) in [5.41, 5.74) is 4.25. The molecule has 2 heterocycles. The Balaban J connectivity index is 1.73. The number of ketones is 1. The topological polar surface area (TPSA) is 140 Å². The van der Waals surface area contributed by atoms with Gasteiger partial charge in [0.25, 0.3) is 10.0 Å². The number of primary amides is 1. The van der Waals surface area contributed by atoms with Gasteiger partial charge in [0.15, 0.2) is 10.8 Å². The molecule has 2 fully saturated rings. The van der Waals surface area contributed by atoms with Crippen molar-refractivity contribution in [2.75, 3.05) is 13.1 Å². The molecule has 2 aliphatic rings. The molecule has 0 spiro atoms. The van der Waals surface area contributed by atoms with Gasteiger partial charge in [0.2, 0.25) is 11.8 Å².